The fourth-order valence-electron chi connectivity index (χ4n) is 1.62. The SMILES string of the molecule is COc1cccc(OCc2cccc(Br)c2)c1N. The van der Waals surface area contributed by atoms with Crippen LogP contribution in [-0.2, 0) is 6.61 Å². The molecule has 2 rings (SSSR count). The molecule has 4 heteroatoms. The van der Waals surface area contributed by atoms with Crippen molar-refractivity contribution in [3.05, 3.63) is 52.5 Å². The van der Waals surface area contributed by atoms with Crippen LogP contribution < -0.4 is 15.2 Å². The minimum Gasteiger partial charge on any atom is -0.494 e. The van der Waals surface area contributed by atoms with Gasteiger partial charge in [0.2, 0.25) is 0 Å². The molecule has 0 aliphatic rings. The third-order valence-electron chi connectivity index (χ3n) is 2.53. The molecule has 18 heavy (non-hydrogen) atoms. The number of anilines is 1. The molecule has 0 atom stereocenters. The van der Waals surface area contributed by atoms with E-state index in [0.717, 1.165) is 10.0 Å². The number of ether oxygens (including phenoxy) is 2. The fraction of sp³-hybridized carbons (Fsp3) is 0.143. The Morgan fingerprint density at radius 2 is 1.83 bits per heavy atom. The predicted molar refractivity (Wildman–Crippen MR) is 75.9 cm³/mol. The quantitative estimate of drug-likeness (QED) is 0.877. The number of para-hydroxylation sites is 1. The number of methoxy groups -OCH3 is 1. The van der Waals surface area contributed by atoms with Gasteiger partial charge in [-0.2, -0.15) is 0 Å². The lowest BCUT2D eigenvalue weighted by atomic mass is 10.2. The summed E-state index contributed by atoms with van der Waals surface area (Å²) in [6, 6.07) is 13.4. The van der Waals surface area contributed by atoms with E-state index in [0.29, 0.717) is 23.8 Å². The van der Waals surface area contributed by atoms with E-state index in [1.165, 1.54) is 0 Å². The summed E-state index contributed by atoms with van der Waals surface area (Å²) in [5.41, 5.74) is 7.53. The smallest absolute Gasteiger partial charge is 0.146 e. The highest BCUT2D eigenvalue weighted by atomic mass is 79.9. The summed E-state index contributed by atoms with van der Waals surface area (Å²) in [5, 5.41) is 0. The maximum Gasteiger partial charge on any atom is 0.146 e. The van der Waals surface area contributed by atoms with Gasteiger partial charge in [0, 0.05) is 4.47 Å². The van der Waals surface area contributed by atoms with Crippen molar-refractivity contribution in [3.8, 4) is 11.5 Å². The molecule has 94 valence electrons. The Morgan fingerprint density at radius 1 is 1.11 bits per heavy atom. The topological polar surface area (TPSA) is 44.5 Å². The monoisotopic (exact) mass is 307 g/mol. The second-order valence-corrected chi connectivity index (χ2v) is 4.71. The number of benzene rings is 2. The van der Waals surface area contributed by atoms with Crippen LogP contribution in [-0.4, -0.2) is 7.11 Å². The number of rotatable bonds is 4. The molecule has 0 aromatic heterocycles. The Morgan fingerprint density at radius 3 is 2.56 bits per heavy atom. The van der Waals surface area contributed by atoms with Gasteiger partial charge in [0.1, 0.15) is 23.8 Å². The summed E-state index contributed by atoms with van der Waals surface area (Å²) in [4.78, 5) is 0. The van der Waals surface area contributed by atoms with Crippen molar-refractivity contribution in [1.29, 1.82) is 0 Å². The first-order valence-corrected chi connectivity index (χ1v) is 6.29. The van der Waals surface area contributed by atoms with E-state index in [1.54, 1.807) is 13.2 Å². The van der Waals surface area contributed by atoms with E-state index in [2.05, 4.69) is 15.9 Å². The van der Waals surface area contributed by atoms with Gasteiger partial charge in [0.05, 0.1) is 7.11 Å². The third kappa shape index (κ3) is 2.96. The molecule has 2 aromatic carbocycles. The molecule has 0 spiro atoms. The number of halogens is 1. The van der Waals surface area contributed by atoms with E-state index in [1.807, 2.05) is 36.4 Å². The minimum atomic E-state index is 0.469. The Kier molecular flexibility index (Phi) is 4.10. The van der Waals surface area contributed by atoms with Crippen molar-refractivity contribution in [2.45, 2.75) is 6.61 Å². The molecule has 2 N–H and O–H groups in total. The fourth-order valence-corrected chi connectivity index (χ4v) is 2.06. The molecule has 0 bridgehead atoms. The van der Waals surface area contributed by atoms with Crippen LogP contribution in [0.4, 0.5) is 5.69 Å². The van der Waals surface area contributed by atoms with E-state index in [-0.39, 0.29) is 0 Å². The molecule has 0 radical (unpaired) electrons. The Hall–Kier alpha value is -1.68. The van der Waals surface area contributed by atoms with Gasteiger partial charge in [-0.25, -0.2) is 0 Å². The van der Waals surface area contributed by atoms with E-state index in [4.69, 9.17) is 15.2 Å². The van der Waals surface area contributed by atoms with Gasteiger partial charge < -0.3 is 15.2 Å². The summed E-state index contributed by atoms with van der Waals surface area (Å²) in [5.74, 6) is 1.26. The zero-order valence-electron chi connectivity index (χ0n) is 10.0. The van der Waals surface area contributed by atoms with Gasteiger partial charge in [-0.1, -0.05) is 34.1 Å². The highest BCUT2D eigenvalue weighted by molar-refractivity contribution is 9.10. The number of nitrogens with two attached hydrogens (primary N) is 1. The van der Waals surface area contributed by atoms with Crippen molar-refractivity contribution >= 4 is 21.6 Å². The van der Waals surface area contributed by atoms with E-state index in [9.17, 15) is 0 Å². The maximum absolute atomic E-state index is 5.93. The average molecular weight is 308 g/mol. The lowest BCUT2D eigenvalue weighted by Gasteiger charge is -2.11. The number of nitrogen functional groups attached to an aromatic ring is 1. The van der Waals surface area contributed by atoms with Crippen molar-refractivity contribution in [2.24, 2.45) is 0 Å². The molecule has 0 unspecified atom stereocenters. The normalized spacial score (nSPS) is 10.1. The highest BCUT2D eigenvalue weighted by Gasteiger charge is 2.06. The molecule has 0 fully saturated rings. The van der Waals surface area contributed by atoms with Crippen LogP contribution in [0.3, 0.4) is 0 Å². The molecule has 0 heterocycles. The first-order valence-electron chi connectivity index (χ1n) is 5.50. The van der Waals surface area contributed by atoms with Gasteiger partial charge in [-0.15, -0.1) is 0 Å². The van der Waals surface area contributed by atoms with Crippen LogP contribution in [0.5, 0.6) is 11.5 Å². The Balaban J connectivity index is 2.11. The molecular formula is C14H14BrNO2. The zero-order valence-corrected chi connectivity index (χ0v) is 11.6. The summed E-state index contributed by atoms with van der Waals surface area (Å²) in [6.45, 7) is 0.469. The first kappa shape index (κ1) is 12.8. The van der Waals surface area contributed by atoms with E-state index >= 15 is 0 Å². The molecular weight excluding hydrogens is 294 g/mol. The second kappa shape index (κ2) is 5.78. The van der Waals surface area contributed by atoms with Crippen LogP contribution in [0.25, 0.3) is 0 Å². The first-order chi connectivity index (χ1) is 8.70. The maximum atomic E-state index is 5.93. The zero-order chi connectivity index (χ0) is 13.0. The number of hydrogen-bond donors (Lipinski definition) is 1. The van der Waals surface area contributed by atoms with Crippen LogP contribution in [0.15, 0.2) is 46.9 Å². The number of hydrogen-bond acceptors (Lipinski definition) is 3. The van der Waals surface area contributed by atoms with E-state index < -0.39 is 0 Å². The van der Waals surface area contributed by atoms with Crippen LogP contribution in [0, 0.1) is 0 Å². The highest BCUT2D eigenvalue weighted by Crippen LogP contribution is 2.31. The largest absolute Gasteiger partial charge is 0.494 e. The Labute approximate surface area is 115 Å². The van der Waals surface area contributed by atoms with Gasteiger partial charge >= 0.3 is 0 Å². The van der Waals surface area contributed by atoms with Gasteiger partial charge in [0.15, 0.2) is 0 Å². The average Bonchev–Trinajstić information content (AvgIpc) is 2.38. The van der Waals surface area contributed by atoms with Gasteiger partial charge in [-0.05, 0) is 29.8 Å². The molecule has 0 aliphatic carbocycles. The standard InChI is InChI=1S/C14H14BrNO2/c1-17-12-6-3-7-13(14(12)16)18-9-10-4-2-5-11(15)8-10/h2-8H,9,16H2,1H3. The minimum absolute atomic E-state index is 0.469. The van der Waals surface area contributed by atoms with Crippen LogP contribution in [0.1, 0.15) is 5.56 Å². The summed E-state index contributed by atoms with van der Waals surface area (Å²) >= 11 is 3.43. The molecule has 0 aliphatic heterocycles. The summed E-state index contributed by atoms with van der Waals surface area (Å²) < 4.78 is 11.9. The molecule has 0 saturated carbocycles. The molecule has 3 nitrogen and oxygen atoms in total. The van der Waals surface area contributed by atoms with Gasteiger partial charge in [-0.3, -0.25) is 0 Å². The summed E-state index contributed by atoms with van der Waals surface area (Å²) in [7, 11) is 1.59. The van der Waals surface area contributed by atoms with Crippen molar-refractivity contribution in [2.75, 3.05) is 12.8 Å². The molecule has 0 saturated heterocycles. The Bertz CT molecular complexity index is 543. The van der Waals surface area contributed by atoms with Crippen molar-refractivity contribution in [3.63, 3.8) is 0 Å². The summed E-state index contributed by atoms with van der Waals surface area (Å²) in [6.07, 6.45) is 0. The third-order valence-corrected chi connectivity index (χ3v) is 3.02. The lowest BCUT2D eigenvalue weighted by Crippen LogP contribution is -2.00. The lowest BCUT2D eigenvalue weighted by molar-refractivity contribution is 0.306. The van der Waals surface area contributed by atoms with Crippen molar-refractivity contribution in [1.82, 2.24) is 0 Å². The van der Waals surface area contributed by atoms with Crippen LogP contribution in [0.2, 0.25) is 0 Å². The molecule has 2 aromatic rings. The second-order valence-electron chi connectivity index (χ2n) is 3.79. The predicted octanol–water partition coefficient (Wildman–Crippen LogP) is 3.62. The van der Waals surface area contributed by atoms with Crippen LogP contribution >= 0.6 is 15.9 Å². The van der Waals surface area contributed by atoms with Gasteiger partial charge in [0.25, 0.3) is 0 Å². The van der Waals surface area contributed by atoms with Crippen molar-refractivity contribution < 1.29 is 9.47 Å². The molecule has 0 amide bonds.